The second-order valence-electron chi connectivity index (χ2n) is 6.77. The highest BCUT2D eigenvalue weighted by Crippen LogP contribution is 2.38. The van der Waals surface area contributed by atoms with Gasteiger partial charge in [0.1, 0.15) is 0 Å². The van der Waals surface area contributed by atoms with E-state index in [1.165, 1.54) is 38.8 Å². The number of nitrogens with zero attached hydrogens (tertiary/aromatic N) is 1. The molecule has 0 unspecified atom stereocenters. The Kier molecular flexibility index (Phi) is 6.65. The van der Waals surface area contributed by atoms with Crippen LogP contribution < -0.4 is 0 Å². The zero-order chi connectivity index (χ0) is 13.6. The van der Waals surface area contributed by atoms with Crippen LogP contribution in [0.2, 0.25) is 0 Å². The fourth-order valence-electron chi connectivity index (χ4n) is 3.20. The van der Waals surface area contributed by atoms with Gasteiger partial charge in [0, 0.05) is 6.54 Å². The fraction of sp³-hybridized carbons (Fsp3) is 1.00. The first-order chi connectivity index (χ1) is 8.45. The molecule has 2 nitrogen and oxygen atoms in total. The molecule has 1 saturated heterocycles. The molecule has 0 saturated carbocycles. The Labute approximate surface area is 114 Å². The molecule has 18 heavy (non-hydrogen) atoms. The normalized spacial score (nSPS) is 19.7. The first-order valence-corrected chi connectivity index (χ1v) is 7.79. The minimum atomic E-state index is 0.367. The maximum absolute atomic E-state index is 5.64. The summed E-state index contributed by atoms with van der Waals surface area (Å²) in [4.78, 5) is 2.57. The molecule has 108 valence electrons. The molecule has 0 amide bonds. The number of rotatable bonds is 7. The third kappa shape index (κ3) is 5.27. The summed E-state index contributed by atoms with van der Waals surface area (Å²) >= 11 is 0. The summed E-state index contributed by atoms with van der Waals surface area (Å²) in [6, 6.07) is 0. The Hall–Kier alpha value is -0.0800. The van der Waals surface area contributed by atoms with Crippen molar-refractivity contribution in [3.05, 3.63) is 0 Å². The van der Waals surface area contributed by atoms with E-state index in [4.69, 9.17) is 4.74 Å². The smallest absolute Gasteiger partial charge is 0.0596 e. The van der Waals surface area contributed by atoms with Crippen molar-refractivity contribution in [2.45, 2.75) is 66.4 Å². The van der Waals surface area contributed by atoms with E-state index < -0.39 is 0 Å². The second-order valence-corrected chi connectivity index (χ2v) is 6.77. The molecule has 0 spiro atoms. The quantitative estimate of drug-likeness (QED) is 0.683. The molecule has 0 bridgehead atoms. The van der Waals surface area contributed by atoms with Gasteiger partial charge in [-0.2, -0.15) is 0 Å². The lowest BCUT2D eigenvalue weighted by atomic mass is 9.71. The van der Waals surface area contributed by atoms with E-state index in [1.807, 2.05) is 0 Å². The molecule has 2 heteroatoms. The Morgan fingerprint density at radius 3 is 2.33 bits per heavy atom. The van der Waals surface area contributed by atoms with Crippen molar-refractivity contribution in [1.82, 2.24) is 4.90 Å². The predicted octanol–water partition coefficient (Wildman–Crippen LogP) is 3.95. The average molecular weight is 255 g/mol. The van der Waals surface area contributed by atoms with Gasteiger partial charge in [0.2, 0.25) is 0 Å². The van der Waals surface area contributed by atoms with E-state index in [0.717, 1.165) is 19.1 Å². The molecule has 0 N–H and O–H groups in total. The maximum Gasteiger partial charge on any atom is 0.0596 e. The number of hydrogen-bond acceptors (Lipinski definition) is 2. The second kappa shape index (κ2) is 7.49. The monoisotopic (exact) mass is 255 g/mol. The van der Waals surface area contributed by atoms with Gasteiger partial charge in [-0.1, -0.05) is 27.2 Å². The summed E-state index contributed by atoms with van der Waals surface area (Å²) in [6.45, 7) is 16.0. The molecular weight excluding hydrogens is 222 g/mol. The molecule has 0 aromatic carbocycles. The van der Waals surface area contributed by atoms with Gasteiger partial charge in [0.05, 0.1) is 12.7 Å². The summed E-state index contributed by atoms with van der Waals surface area (Å²) < 4.78 is 5.64. The zero-order valence-corrected chi connectivity index (χ0v) is 13.2. The van der Waals surface area contributed by atoms with E-state index >= 15 is 0 Å². The minimum absolute atomic E-state index is 0.367. The van der Waals surface area contributed by atoms with Gasteiger partial charge in [0.15, 0.2) is 0 Å². The van der Waals surface area contributed by atoms with E-state index in [0.29, 0.717) is 11.5 Å². The van der Waals surface area contributed by atoms with E-state index in [2.05, 4.69) is 39.5 Å². The van der Waals surface area contributed by atoms with Crippen LogP contribution in [0.3, 0.4) is 0 Å². The average Bonchev–Trinajstić information content (AvgIpc) is 2.29. The van der Waals surface area contributed by atoms with Crippen molar-refractivity contribution < 1.29 is 4.74 Å². The Morgan fingerprint density at radius 1 is 1.22 bits per heavy atom. The summed E-state index contributed by atoms with van der Waals surface area (Å²) in [5, 5.41) is 0. The van der Waals surface area contributed by atoms with Crippen LogP contribution in [0.5, 0.6) is 0 Å². The molecule has 0 aliphatic carbocycles. The van der Waals surface area contributed by atoms with Crippen LogP contribution in [0.15, 0.2) is 0 Å². The lowest BCUT2D eigenvalue weighted by molar-refractivity contribution is 0.0384. The topological polar surface area (TPSA) is 12.5 Å². The molecular formula is C16H33NO. The van der Waals surface area contributed by atoms with Crippen LogP contribution in [0, 0.1) is 11.3 Å². The Morgan fingerprint density at radius 2 is 1.83 bits per heavy atom. The number of hydrogen-bond donors (Lipinski definition) is 0. The van der Waals surface area contributed by atoms with Gasteiger partial charge in [-0.15, -0.1) is 0 Å². The molecule has 0 aromatic rings. The van der Waals surface area contributed by atoms with Gasteiger partial charge in [-0.25, -0.2) is 0 Å². The number of ether oxygens (including phenoxy) is 1. The van der Waals surface area contributed by atoms with Crippen molar-refractivity contribution in [1.29, 1.82) is 0 Å². The van der Waals surface area contributed by atoms with Crippen molar-refractivity contribution in [2.75, 3.05) is 26.2 Å². The van der Waals surface area contributed by atoms with Crippen molar-refractivity contribution in [3.63, 3.8) is 0 Å². The largest absolute Gasteiger partial charge is 0.377 e. The third-order valence-electron chi connectivity index (χ3n) is 4.45. The van der Waals surface area contributed by atoms with Crippen LogP contribution in [0.1, 0.15) is 60.3 Å². The third-order valence-corrected chi connectivity index (χ3v) is 4.45. The zero-order valence-electron chi connectivity index (χ0n) is 13.2. The highest BCUT2D eigenvalue weighted by molar-refractivity contribution is 4.83. The summed E-state index contributed by atoms with van der Waals surface area (Å²) in [6.07, 6.45) is 5.79. The molecule has 1 aliphatic heterocycles. The minimum Gasteiger partial charge on any atom is -0.377 e. The van der Waals surface area contributed by atoms with E-state index in [1.54, 1.807) is 0 Å². The maximum atomic E-state index is 5.64. The molecule has 1 rings (SSSR count). The lowest BCUT2D eigenvalue weighted by Crippen LogP contribution is -2.40. The summed E-state index contributed by atoms with van der Waals surface area (Å²) in [7, 11) is 0. The van der Waals surface area contributed by atoms with Gasteiger partial charge in [0.25, 0.3) is 0 Å². The van der Waals surface area contributed by atoms with Gasteiger partial charge >= 0.3 is 0 Å². The highest BCUT2D eigenvalue weighted by Gasteiger charge is 2.31. The molecule has 1 fully saturated rings. The summed E-state index contributed by atoms with van der Waals surface area (Å²) in [5.41, 5.74) is 0.537. The molecule has 1 heterocycles. The molecule has 0 radical (unpaired) electrons. The standard InChI is InChI=1S/C16H33NO/c1-6-9-16(4,5)15-7-10-17(11-8-15)12-13-18-14(2)3/h14-15H,6-13H2,1-5H3. The van der Waals surface area contributed by atoms with E-state index in [9.17, 15) is 0 Å². The van der Waals surface area contributed by atoms with Gasteiger partial charge < -0.3 is 9.64 Å². The van der Waals surface area contributed by atoms with Crippen molar-refractivity contribution >= 4 is 0 Å². The lowest BCUT2D eigenvalue weighted by Gasteiger charge is -2.40. The van der Waals surface area contributed by atoms with Crippen molar-refractivity contribution in [3.8, 4) is 0 Å². The van der Waals surface area contributed by atoms with Crippen LogP contribution in [-0.4, -0.2) is 37.2 Å². The molecule has 1 aliphatic rings. The fourth-order valence-corrected chi connectivity index (χ4v) is 3.20. The summed E-state index contributed by atoms with van der Waals surface area (Å²) in [5.74, 6) is 0.916. The van der Waals surface area contributed by atoms with Gasteiger partial charge in [-0.3, -0.25) is 0 Å². The first kappa shape index (κ1) is 16.0. The van der Waals surface area contributed by atoms with E-state index in [-0.39, 0.29) is 0 Å². The van der Waals surface area contributed by atoms with Gasteiger partial charge in [-0.05, 0) is 57.5 Å². The Bertz CT molecular complexity index is 217. The van der Waals surface area contributed by atoms with Crippen LogP contribution in [0.25, 0.3) is 0 Å². The number of piperidine rings is 1. The molecule has 0 aromatic heterocycles. The van der Waals surface area contributed by atoms with Crippen LogP contribution in [0.4, 0.5) is 0 Å². The predicted molar refractivity (Wildman–Crippen MR) is 78.9 cm³/mol. The molecule has 0 atom stereocenters. The van der Waals surface area contributed by atoms with Crippen LogP contribution in [-0.2, 0) is 4.74 Å². The SMILES string of the molecule is CCCC(C)(C)C1CCN(CCOC(C)C)CC1. The first-order valence-electron chi connectivity index (χ1n) is 7.79. The van der Waals surface area contributed by atoms with Crippen molar-refractivity contribution in [2.24, 2.45) is 11.3 Å². The van der Waals surface area contributed by atoms with Crippen LogP contribution >= 0.6 is 0 Å². The number of likely N-dealkylation sites (tertiary alicyclic amines) is 1. The Balaban J connectivity index is 2.24. The highest BCUT2D eigenvalue weighted by atomic mass is 16.5.